The highest BCUT2D eigenvalue weighted by Gasteiger charge is 2.21. The van der Waals surface area contributed by atoms with E-state index in [1.165, 1.54) is 26.4 Å². The fourth-order valence-electron chi connectivity index (χ4n) is 1.18. The molecule has 5 nitrogen and oxygen atoms in total. The minimum Gasteiger partial charge on any atom is -0.496 e. The van der Waals surface area contributed by atoms with Gasteiger partial charge < -0.3 is 14.2 Å². The minimum absolute atomic E-state index is 0.0153. The average molecular weight is 245 g/mol. The molecule has 0 unspecified atom stereocenters. The van der Waals surface area contributed by atoms with Crippen LogP contribution in [0, 0.1) is 0 Å². The molecule has 16 heavy (non-hydrogen) atoms. The molecule has 0 heterocycles. The monoisotopic (exact) mass is 244 g/mol. The molecule has 0 saturated carbocycles. The van der Waals surface area contributed by atoms with E-state index in [2.05, 4.69) is 4.74 Å². The summed E-state index contributed by atoms with van der Waals surface area (Å²) in [6, 6.07) is 4.71. The Morgan fingerprint density at radius 3 is 2.00 bits per heavy atom. The van der Waals surface area contributed by atoms with E-state index in [0.717, 1.165) is 0 Å². The van der Waals surface area contributed by atoms with Gasteiger partial charge in [-0.25, -0.2) is 9.59 Å². The molecule has 0 aliphatic rings. The van der Waals surface area contributed by atoms with Crippen LogP contribution < -0.4 is 9.47 Å². The molecule has 0 fully saturated rings. The second-order valence-corrected chi connectivity index (χ2v) is 2.97. The SMILES string of the molecule is COc1cccc(OC)c1C(=O)OC(=O)Cl. The largest absolute Gasteiger partial charge is 0.496 e. The Morgan fingerprint density at radius 2 is 1.62 bits per heavy atom. The lowest BCUT2D eigenvalue weighted by molar-refractivity contribution is 0.0655. The Morgan fingerprint density at radius 1 is 1.12 bits per heavy atom. The van der Waals surface area contributed by atoms with Crippen molar-refractivity contribution in [3.63, 3.8) is 0 Å². The maximum atomic E-state index is 11.5. The van der Waals surface area contributed by atoms with Gasteiger partial charge in [-0.1, -0.05) is 6.07 Å². The molecule has 0 aromatic heterocycles. The summed E-state index contributed by atoms with van der Waals surface area (Å²) >= 11 is 4.95. The molecule has 6 heteroatoms. The summed E-state index contributed by atoms with van der Waals surface area (Å²) in [4.78, 5) is 22.0. The summed E-state index contributed by atoms with van der Waals surface area (Å²) < 4.78 is 14.2. The smallest absolute Gasteiger partial charge is 0.411 e. The molecule has 0 spiro atoms. The highest BCUT2D eigenvalue weighted by Crippen LogP contribution is 2.28. The van der Waals surface area contributed by atoms with Crippen LogP contribution in [0.3, 0.4) is 0 Å². The van der Waals surface area contributed by atoms with E-state index >= 15 is 0 Å². The van der Waals surface area contributed by atoms with Gasteiger partial charge in [0.1, 0.15) is 17.1 Å². The summed E-state index contributed by atoms with van der Waals surface area (Å²) in [5.41, 5.74) is -1.19. The zero-order chi connectivity index (χ0) is 12.1. The van der Waals surface area contributed by atoms with E-state index in [9.17, 15) is 9.59 Å². The Kier molecular flexibility index (Phi) is 4.13. The van der Waals surface area contributed by atoms with Crippen molar-refractivity contribution in [1.29, 1.82) is 0 Å². The highest BCUT2D eigenvalue weighted by molar-refractivity contribution is 6.62. The van der Waals surface area contributed by atoms with E-state index in [1.54, 1.807) is 6.07 Å². The zero-order valence-electron chi connectivity index (χ0n) is 8.65. The molecule has 1 rings (SSSR count). The molecule has 0 bridgehead atoms. The molecule has 0 amide bonds. The number of halogens is 1. The Balaban J connectivity index is 3.17. The van der Waals surface area contributed by atoms with Crippen LogP contribution in [0.2, 0.25) is 0 Å². The number of esters is 1. The predicted molar refractivity (Wildman–Crippen MR) is 56.2 cm³/mol. The third-order valence-electron chi connectivity index (χ3n) is 1.80. The number of carbonyl (C=O) groups is 2. The van der Waals surface area contributed by atoms with Crippen molar-refractivity contribution < 1.29 is 23.8 Å². The van der Waals surface area contributed by atoms with Gasteiger partial charge in [-0.15, -0.1) is 0 Å². The van der Waals surface area contributed by atoms with E-state index in [4.69, 9.17) is 21.1 Å². The first-order valence-corrected chi connectivity index (χ1v) is 4.60. The summed E-state index contributed by atoms with van der Waals surface area (Å²) in [7, 11) is 2.77. The number of hydrogen-bond donors (Lipinski definition) is 0. The van der Waals surface area contributed by atoms with E-state index in [0.29, 0.717) is 0 Å². The number of rotatable bonds is 3. The number of ether oxygens (including phenoxy) is 3. The topological polar surface area (TPSA) is 61.8 Å². The molecule has 0 saturated heterocycles. The molecule has 86 valence electrons. The average Bonchev–Trinajstić information content (AvgIpc) is 2.26. The highest BCUT2D eigenvalue weighted by atomic mass is 35.5. The van der Waals surface area contributed by atoms with Gasteiger partial charge in [0, 0.05) is 11.6 Å². The molecule has 0 aliphatic heterocycles. The molecule has 0 aliphatic carbocycles. The van der Waals surface area contributed by atoms with Crippen molar-refractivity contribution in [2.24, 2.45) is 0 Å². The van der Waals surface area contributed by atoms with Crippen molar-refractivity contribution >= 4 is 23.0 Å². The first-order valence-electron chi connectivity index (χ1n) is 4.22. The van der Waals surface area contributed by atoms with Crippen molar-refractivity contribution in [1.82, 2.24) is 0 Å². The first kappa shape index (κ1) is 12.3. The minimum atomic E-state index is -1.21. The van der Waals surface area contributed by atoms with Gasteiger partial charge in [-0.2, -0.15) is 0 Å². The maximum Gasteiger partial charge on any atom is 0.411 e. The van der Waals surface area contributed by atoms with Crippen LogP contribution in [-0.2, 0) is 4.74 Å². The molecular formula is C10H9ClO5. The summed E-state index contributed by atoms with van der Waals surface area (Å²) in [6.07, 6.45) is 0. The quantitative estimate of drug-likeness (QED) is 0.463. The number of hydrogen-bond acceptors (Lipinski definition) is 5. The summed E-state index contributed by atoms with van der Waals surface area (Å²) in [6.45, 7) is 0. The van der Waals surface area contributed by atoms with E-state index in [-0.39, 0.29) is 17.1 Å². The Hall–Kier alpha value is -1.75. The number of carbonyl (C=O) groups excluding carboxylic acids is 2. The van der Waals surface area contributed by atoms with Gasteiger partial charge in [0.05, 0.1) is 14.2 Å². The normalized spacial score (nSPS) is 9.44. The molecular weight excluding hydrogens is 236 g/mol. The second-order valence-electron chi connectivity index (χ2n) is 2.66. The van der Waals surface area contributed by atoms with Gasteiger partial charge in [-0.3, -0.25) is 0 Å². The van der Waals surface area contributed by atoms with Crippen molar-refractivity contribution in [2.45, 2.75) is 0 Å². The lowest BCUT2D eigenvalue weighted by Gasteiger charge is -2.10. The Bertz CT molecular complexity index is 393. The number of methoxy groups -OCH3 is 2. The van der Waals surface area contributed by atoms with Gasteiger partial charge in [0.2, 0.25) is 0 Å². The molecule has 1 aromatic rings. The van der Waals surface area contributed by atoms with Crippen molar-refractivity contribution in [3.8, 4) is 11.5 Å². The molecule has 0 radical (unpaired) electrons. The van der Waals surface area contributed by atoms with Crippen LogP contribution in [0.4, 0.5) is 4.79 Å². The van der Waals surface area contributed by atoms with Crippen LogP contribution >= 0.6 is 11.6 Å². The van der Waals surface area contributed by atoms with Gasteiger partial charge in [0.25, 0.3) is 0 Å². The molecule has 1 aromatic carbocycles. The van der Waals surface area contributed by atoms with Gasteiger partial charge >= 0.3 is 11.4 Å². The third kappa shape index (κ3) is 2.64. The zero-order valence-corrected chi connectivity index (χ0v) is 9.41. The van der Waals surface area contributed by atoms with Gasteiger partial charge in [0.15, 0.2) is 0 Å². The van der Waals surface area contributed by atoms with Crippen LogP contribution in [-0.4, -0.2) is 25.6 Å². The van der Waals surface area contributed by atoms with Crippen LogP contribution in [0.5, 0.6) is 11.5 Å². The third-order valence-corrected chi connectivity index (χ3v) is 1.88. The second kappa shape index (κ2) is 5.37. The summed E-state index contributed by atoms with van der Waals surface area (Å²) in [5, 5.41) is 0. The van der Waals surface area contributed by atoms with E-state index < -0.39 is 11.4 Å². The fourth-order valence-corrected chi connectivity index (χ4v) is 1.25. The van der Waals surface area contributed by atoms with Crippen LogP contribution in [0.15, 0.2) is 18.2 Å². The molecule has 0 atom stereocenters. The van der Waals surface area contributed by atoms with Crippen molar-refractivity contribution in [3.05, 3.63) is 23.8 Å². The van der Waals surface area contributed by atoms with Crippen molar-refractivity contribution in [2.75, 3.05) is 14.2 Å². The standard InChI is InChI=1S/C10H9ClO5/c1-14-6-4-3-5-7(15-2)8(6)9(12)16-10(11)13/h3-5H,1-2H3. The maximum absolute atomic E-state index is 11.5. The van der Waals surface area contributed by atoms with Crippen LogP contribution in [0.1, 0.15) is 10.4 Å². The Labute approximate surface area is 96.9 Å². The van der Waals surface area contributed by atoms with Gasteiger partial charge in [-0.05, 0) is 12.1 Å². The molecule has 0 N–H and O–H groups in total. The fraction of sp³-hybridized carbons (Fsp3) is 0.200. The number of benzene rings is 1. The lowest BCUT2D eigenvalue weighted by atomic mass is 10.2. The lowest BCUT2D eigenvalue weighted by Crippen LogP contribution is -2.10. The predicted octanol–water partition coefficient (Wildman–Crippen LogP) is 2.22. The van der Waals surface area contributed by atoms with E-state index in [1.807, 2.05) is 0 Å². The summed E-state index contributed by atoms with van der Waals surface area (Å²) in [5.74, 6) is -0.446. The first-order chi connectivity index (χ1) is 7.60. The van der Waals surface area contributed by atoms with Crippen LogP contribution in [0.25, 0.3) is 0 Å².